The van der Waals surface area contributed by atoms with Crippen LogP contribution >= 0.6 is 7.60 Å². The van der Waals surface area contributed by atoms with Crippen LogP contribution in [0, 0.1) is 0 Å². The molecule has 11 atom stereocenters. The van der Waals surface area contributed by atoms with Gasteiger partial charge in [0.2, 0.25) is 11.8 Å². The van der Waals surface area contributed by atoms with Gasteiger partial charge in [0.25, 0.3) is 0 Å². The van der Waals surface area contributed by atoms with Crippen LogP contribution in [0.2, 0.25) is 0 Å². The number of aromatic nitrogens is 2. The smallest absolute Gasteiger partial charge is 0.364 e. The Hall–Kier alpha value is -2.48. The first-order valence-electron chi connectivity index (χ1n) is 11.5. The van der Waals surface area contributed by atoms with Crippen LogP contribution in [-0.2, 0) is 23.4 Å². The van der Waals surface area contributed by atoms with E-state index in [1.54, 1.807) is 0 Å². The minimum absolute atomic E-state index is 0.104. The number of rotatable bonds is 10. The number of carbonyl (C=O) groups is 1. The molecule has 2 aliphatic rings. The zero-order chi connectivity index (χ0) is 29.2. The van der Waals surface area contributed by atoms with Gasteiger partial charge < -0.3 is 65.7 Å². The van der Waals surface area contributed by atoms with Crippen molar-refractivity contribution in [3.8, 4) is 0 Å². The normalized spacial score (nSPS) is 32.8. The van der Waals surface area contributed by atoms with Crippen LogP contribution in [-0.4, -0.2) is 124 Å². The van der Waals surface area contributed by atoms with Gasteiger partial charge in [0.1, 0.15) is 48.2 Å². The molecule has 3 rings (SSSR count). The maximum atomic E-state index is 12.8. The zero-order valence-electron chi connectivity index (χ0n) is 20.4. The second-order valence-corrected chi connectivity index (χ2v) is 10.8. The number of ether oxygens (including phenoxy) is 2. The summed E-state index contributed by atoms with van der Waals surface area (Å²) in [5, 5.41) is 73.1. The number of hydrogen-bond donors (Lipinski definition) is 10. The fourth-order valence-electron chi connectivity index (χ4n) is 4.02. The van der Waals surface area contributed by atoms with Gasteiger partial charge in [-0.3, -0.25) is 13.9 Å². The van der Waals surface area contributed by atoms with Gasteiger partial charge >= 0.3 is 13.3 Å². The predicted molar refractivity (Wildman–Crippen MR) is 126 cm³/mol. The summed E-state index contributed by atoms with van der Waals surface area (Å²) in [4.78, 5) is 37.4. The Morgan fingerprint density at radius 2 is 1.95 bits per heavy atom. The maximum absolute atomic E-state index is 12.8. The number of nitrogens with zero attached hydrogens (tertiary/aromatic N) is 2. The topological polar surface area (TPSA) is 297 Å². The number of aliphatic hydroxyl groups excluding tert-OH is 7. The highest BCUT2D eigenvalue weighted by molar-refractivity contribution is 7.53. The van der Waals surface area contributed by atoms with Crippen LogP contribution in [0.3, 0.4) is 0 Å². The van der Waals surface area contributed by atoms with Gasteiger partial charge in [-0.25, -0.2) is 4.79 Å². The molecule has 2 aliphatic heterocycles. The molecule has 19 heteroatoms. The molecule has 3 heterocycles. The van der Waals surface area contributed by atoms with Gasteiger partial charge in [-0.1, -0.05) is 0 Å². The molecule has 1 aromatic heterocycles. The predicted octanol–water partition coefficient (Wildman–Crippen LogP) is -5.17. The van der Waals surface area contributed by atoms with Gasteiger partial charge in [-0.2, -0.15) is 4.98 Å². The largest absolute Gasteiger partial charge is 0.486 e. The zero-order valence-corrected chi connectivity index (χ0v) is 21.3. The molecule has 39 heavy (non-hydrogen) atoms. The van der Waals surface area contributed by atoms with Crippen LogP contribution in [0.4, 0.5) is 5.82 Å². The molecule has 0 aliphatic carbocycles. The number of anilines is 1. The Morgan fingerprint density at radius 1 is 1.28 bits per heavy atom. The van der Waals surface area contributed by atoms with E-state index < -0.39 is 99.0 Å². The van der Waals surface area contributed by atoms with Crippen LogP contribution in [0.25, 0.3) is 0 Å². The van der Waals surface area contributed by atoms with Crippen molar-refractivity contribution in [2.75, 3.05) is 18.9 Å². The lowest BCUT2D eigenvalue weighted by molar-refractivity contribution is -0.134. The van der Waals surface area contributed by atoms with Crippen LogP contribution in [0.5, 0.6) is 0 Å². The first-order chi connectivity index (χ1) is 18.2. The van der Waals surface area contributed by atoms with Crippen molar-refractivity contribution in [2.45, 2.75) is 67.8 Å². The van der Waals surface area contributed by atoms with E-state index in [-0.39, 0.29) is 5.82 Å². The van der Waals surface area contributed by atoms with Crippen LogP contribution < -0.4 is 16.7 Å². The lowest BCUT2D eigenvalue weighted by Crippen LogP contribution is -2.60. The molecule has 0 spiro atoms. The Morgan fingerprint density at radius 3 is 2.54 bits per heavy atom. The van der Waals surface area contributed by atoms with E-state index in [0.29, 0.717) is 0 Å². The summed E-state index contributed by atoms with van der Waals surface area (Å²) in [6.45, 7) is -0.734. The molecular weight excluding hydrogens is 551 g/mol. The van der Waals surface area contributed by atoms with E-state index in [2.05, 4.69) is 10.3 Å². The van der Waals surface area contributed by atoms with Gasteiger partial charge in [0, 0.05) is 13.1 Å². The number of nitrogens with one attached hydrogen (secondary N) is 1. The van der Waals surface area contributed by atoms with E-state index in [0.717, 1.165) is 23.8 Å². The second-order valence-electron chi connectivity index (χ2n) is 8.93. The number of nitrogen functional groups attached to an aromatic ring is 1. The lowest BCUT2D eigenvalue weighted by atomic mass is 9.94. The highest BCUT2D eigenvalue weighted by atomic mass is 31.2. The van der Waals surface area contributed by atoms with Gasteiger partial charge in [-0.05, 0) is 12.1 Å². The highest BCUT2D eigenvalue weighted by Crippen LogP contribution is 2.51. The Balaban J connectivity index is 1.74. The van der Waals surface area contributed by atoms with Crippen molar-refractivity contribution in [1.29, 1.82) is 0 Å². The molecule has 0 bridgehead atoms. The number of aliphatic hydroxyl groups is 7. The second kappa shape index (κ2) is 12.4. The Kier molecular flexibility index (Phi) is 9.84. The summed E-state index contributed by atoms with van der Waals surface area (Å²) in [7, 11) is -5.12. The number of amides is 1. The first kappa shape index (κ1) is 31.1. The van der Waals surface area contributed by atoms with Gasteiger partial charge in [0.05, 0.1) is 25.4 Å². The van der Waals surface area contributed by atoms with Crippen LogP contribution in [0.15, 0.2) is 28.9 Å². The fraction of sp³-hybridized carbons (Fsp3) is 0.650. The van der Waals surface area contributed by atoms with Crippen molar-refractivity contribution < 1.29 is 64.0 Å². The van der Waals surface area contributed by atoms with Gasteiger partial charge in [0.15, 0.2) is 6.23 Å². The van der Waals surface area contributed by atoms with E-state index >= 15 is 0 Å². The third-order valence-electron chi connectivity index (χ3n) is 6.07. The average Bonchev–Trinajstić information content (AvgIpc) is 3.15. The quantitative estimate of drug-likeness (QED) is 0.115. The summed E-state index contributed by atoms with van der Waals surface area (Å²) in [5.74, 6) is -4.02. The fourth-order valence-corrected chi connectivity index (χ4v) is 4.99. The summed E-state index contributed by atoms with van der Waals surface area (Å²) in [6.07, 6.45) is -11.5. The lowest BCUT2D eigenvalue weighted by Gasteiger charge is -2.40. The monoisotopic (exact) mass is 582 g/mol. The third-order valence-corrected chi connectivity index (χ3v) is 7.46. The van der Waals surface area contributed by atoms with E-state index in [4.69, 9.17) is 24.8 Å². The van der Waals surface area contributed by atoms with E-state index in [9.17, 15) is 49.7 Å². The Bertz CT molecular complexity index is 1170. The van der Waals surface area contributed by atoms with Crippen LogP contribution in [0.1, 0.15) is 13.2 Å². The molecule has 0 saturated carbocycles. The van der Waals surface area contributed by atoms with Crippen molar-refractivity contribution >= 4 is 19.3 Å². The molecule has 0 aromatic carbocycles. The molecule has 220 valence electrons. The number of hydrogen-bond acceptors (Lipinski definition) is 15. The van der Waals surface area contributed by atoms with Crippen molar-refractivity contribution in [3.63, 3.8) is 0 Å². The SMILES string of the molecule is CC(=O)N[C@H]1C([C@H](O)[C@H](O)CO)OC([C@H](O)P(=O)(O)OC[C@H]2O[C@@H](n3ccc(N)nc3=O)C(O)C2O)=C[C@H]1O. The summed E-state index contributed by atoms with van der Waals surface area (Å²) >= 11 is 0. The minimum atomic E-state index is -5.12. The molecule has 4 unspecified atom stereocenters. The summed E-state index contributed by atoms with van der Waals surface area (Å²) in [5.41, 5.74) is 4.51. The van der Waals surface area contributed by atoms with Crippen molar-refractivity contribution in [1.82, 2.24) is 14.9 Å². The molecule has 18 nitrogen and oxygen atoms in total. The summed E-state index contributed by atoms with van der Waals surface area (Å²) in [6, 6.07) is -0.154. The van der Waals surface area contributed by atoms with Gasteiger partial charge in [-0.15, -0.1) is 0 Å². The van der Waals surface area contributed by atoms with Crippen molar-refractivity contribution in [3.05, 3.63) is 34.6 Å². The number of nitrogens with two attached hydrogens (primary N) is 1. The van der Waals surface area contributed by atoms with E-state index in [1.165, 1.54) is 6.07 Å². The third kappa shape index (κ3) is 6.82. The molecule has 1 fully saturated rings. The molecular formula is C20H31N4O14P. The molecule has 1 amide bonds. The molecule has 0 radical (unpaired) electrons. The number of carbonyl (C=O) groups excluding carboxylic acids is 1. The minimum Gasteiger partial charge on any atom is -0.486 e. The van der Waals surface area contributed by atoms with Crippen molar-refractivity contribution in [2.24, 2.45) is 0 Å². The maximum Gasteiger partial charge on any atom is 0.364 e. The highest BCUT2D eigenvalue weighted by Gasteiger charge is 2.48. The molecule has 11 N–H and O–H groups in total. The molecule has 1 saturated heterocycles. The summed E-state index contributed by atoms with van der Waals surface area (Å²) < 4.78 is 29.3. The molecule has 1 aromatic rings. The average molecular weight is 582 g/mol. The van der Waals surface area contributed by atoms with E-state index in [1.807, 2.05) is 0 Å². The standard InChI is InChI=1S/C20H31N4O14P/c1-7(26)22-13-8(27)4-10(37-17(13)14(29)9(28)5-25)19(32)39(34,35)36-6-11-15(30)16(31)18(38-11)24-3-2-12(21)23-20(24)33/h2-4,8-9,11,13-19,25,27-32H,5-6H2,1H3,(H,22,26)(H,34,35)(H2,21,23,33)/t8-,9-,11-,13-,14-,15?,16?,17?,18-,19-/m1/s1. The Labute approximate surface area is 220 Å². The first-order valence-corrected chi connectivity index (χ1v) is 13.1.